The van der Waals surface area contributed by atoms with Crippen molar-refractivity contribution in [2.75, 3.05) is 0 Å². The Balaban J connectivity index is 1.83. The fourth-order valence-electron chi connectivity index (χ4n) is 4.21. The van der Waals surface area contributed by atoms with Crippen LogP contribution in [0.5, 0.6) is 5.75 Å². The van der Waals surface area contributed by atoms with Crippen molar-refractivity contribution in [3.05, 3.63) is 98.7 Å². The molecule has 3 N–H and O–H groups in total. The second-order valence-electron chi connectivity index (χ2n) is 7.71. The van der Waals surface area contributed by atoms with Gasteiger partial charge in [0.25, 0.3) is 5.56 Å². The van der Waals surface area contributed by atoms with E-state index >= 15 is 0 Å². The van der Waals surface area contributed by atoms with E-state index in [1.54, 1.807) is 0 Å². The molecule has 1 aromatic heterocycles. The summed E-state index contributed by atoms with van der Waals surface area (Å²) >= 11 is 0. The van der Waals surface area contributed by atoms with Gasteiger partial charge in [-0.3, -0.25) is 4.79 Å². The third-order valence-electron chi connectivity index (χ3n) is 5.91. The number of fused-ring (bicyclic) bond motifs is 4. The Bertz CT molecular complexity index is 1490. The lowest BCUT2D eigenvalue weighted by atomic mass is 9.82. The normalized spacial score (nSPS) is 15.7. The molecular weight excluding hydrogens is 374 g/mol. The monoisotopic (exact) mass is 393 g/mol. The molecule has 0 aliphatic carbocycles. The summed E-state index contributed by atoms with van der Waals surface area (Å²) in [6.45, 7) is 4.05. The van der Waals surface area contributed by atoms with Crippen LogP contribution in [0, 0.1) is 25.2 Å². The van der Waals surface area contributed by atoms with Gasteiger partial charge in [-0.1, -0.05) is 36.4 Å². The zero-order valence-corrected chi connectivity index (χ0v) is 16.6. The van der Waals surface area contributed by atoms with Gasteiger partial charge >= 0.3 is 0 Å². The minimum atomic E-state index is -0.599. The van der Waals surface area contributed by atoms with Crippen molar-refractivity contribution < 1.29 is 4.74 Å². The van der Waals surface area contributed by atoms with Crippen LogP contribution < -0.4 is 16.0 Å². The average Bonchev–Trinajstić information content (AvgIpc) is 2.74. The van der Waals surface area contributed by atoms with Crippen molar-refractivity contribution in [2.24, 2.45) is 5.73 Å². The fourth-order valence-corrected chi connectivity index (χ4v) is 4.21. The van der Waals surface area contributed by atoms with Crippen LogP contribution in [0.2, 0.25) is 0 Å². The Hall–Kier alpha value is -4.04. The van der Waals surface area contributed by atoms with Crippen LogP contribution in [0.4, 0.5) is 0 Å². The highest BCUT2D eigenvalue weighted by atomic mass is 16.5. The standard InChI is InChI=1S/C25H19N3O2/c1-13-9-16-11-19(25(29)28-21(16)10-14(13)2)22-18-8-7-15-5-3-4-6-17(15)23(18)30-24(27)20(22)12-26/h3-11,22H,27H2,1-2H3,(H,28,29)/t22-/m0/s1. The summed E-state index contributed by atoms with van der Waals surface area (Å²) in [5, 5.41) is 12.6. The first-order valence-electron chi connectivity index (χ1n) is 9.71. The molecular formula is C25H19N3O2. The van der Waals surface area contributed by atoms with Crippen LogP contribution in [0.3, 0.4) is 0 Å². The number of rotatable bonds is 1. The van der Waals surface area contributed by atoms with Gasteiger partial charge in [-0.05, 0) is 53.9 Å². The van der Waals surface area contributed by atoms with Gasteiger partial charge in [-0.15, -0.1) is 0 Å². The number of nitrogens with one attached hydrogen (secondary N) is 1. The lowest BCUT2D eigenvalue weighted by molar-refractivity contribution is 0.398. The minimum absolute atomic E-state index is 0.0333. The zero-order chi connectivity index (χ0) is 21.0. The predicted octanol–water partition coefficient (Wildman–Crippen LogP) is 4.52. The summed E-state index contributed by atoms with van der Waals surface area (Å²) in [5.41, 5.74) is 10.4. The average molecular weight is 393 g/mol. The highest BCUT2D eigenvalue weighted by Gasteiger charge is 2.33. The lowest BCUT2D eigenvalue weighted by Gasteiger charge is -2.27. The van der Waals surface area contributed by atoms with E-state index in [4.69, 9.17) is 10.5 Å². The van der Waals surface area contributed by atoms with E-state index in [0.717, 1.165) is 38.4 Å². The van der Waals surface area contributed by atoms with Gasteiger partial charge in [-0.2, -0.15) is 5.26 Å². The molecule has 0 unspecified atom stereocenters. The largest absolute Gasteiger partial charge is 0.440 e. The number of ether oxygens (including phenoxy) is 1. The predicted molar refractivity (Wildman–Crippen MR) is 117 cm³/mol. The van der Waals surface area contributed by atoms with Crippen LogP contribution >= 0.6 is 0 Å². The highest BCUT2D eigenvalue weighted by molar-refractivity contribution is 5.91. The molecule has 1 atom stereocenters. The molecule has 3 aromatic carbocycles. The van der Waals surface area contributed by atoms with E-state index in [1.165, 1.54) is 0 Å². The van der Waals surface area contributed by atoms with E-state index in [9.17, 15) is 10.1 Å². The zero-order valence-electron chi connectivity index (χ0n) is 16.6. The van der Waals surface area contributed by atoms with E-state index in [-0.39, 0.29) is 17.0 Å². The number of aromatic nitrogens is 1. The molecule has 0 amide bonds. The number of pyridine rings is 1. The third-order valence-corrected chi connectivity index (χ3v) is 5.91. The second-order valence-corrected chi connectivity index (χ2v) is 7.71. The number of nitriles is 1. The van der Waals surface area contributed by atoms with Crippen molar-refractivity contribution in [3.8, 4) is 11.8 Å². The molecule has 30 heavy (non-hydrogen) atoms. The van der Waals surface area contributed by atoms with Crippen LogP contribution in [0.1, 0.15) is 28.2 Å². The summed E-state index contributed by atoms with van der Waals surface area (Å²) in [4.78, 5) is 16.1. The van der Waals surface area contributed by atoms with E-state index < -0.39 is 5.92 Å². The van der Waals surface area contributed by atoms with Crippen molar-refractivity contribution >= 4 is 21.7 Å². The highest BCUT2D eigenvalue weighted by Crippen LogP contribution is 2.44. The first-order valence-corrected chi connectivity index (χ1v) is 9.71. The first kappa shape index (κ1) is 18.0. The van der Waals surface area contributed by atoms with Gasteiger partial charge < -0.3 is 15.5 Å². The Morgan fingerprint density at radius 1 is 1.00 bits per heavy atom. The number of allylic oxidation sites excluding steroid dienone is 1. The van der Waals surface area contributed by atoms with Gasteiger partial charge in [0.05, 0.1) is 5.92 Å². The molecule has 0 spiro atoms. The van der Waals surface area contributed by atoms with Crippen molar-refractivity contribution in [1.82, 2.24) is 4.98 Å². The topological polar surface area (TPSA) is 91.9 Å². The molecule has 5 nitrogen and oxygen atoms in total. The second kappa shape index (κ2) is 6.50. The molecule has 2 heterocycles. The molecule has 5 rings (SSSR count). The Morgan fingerprint density at radius 2 is 1.77 bits per heavy atom. The van der Waals surface area contributed by atoms with Crippen molar-refractivity contribution in [1.29, 1.82) is 5.26 Å². The number of benzene rings is 3. The number of aromatic amines is 1. The van der Waals surface area contributed by atoms with E-state index in [1.807, 2.05) is 68.4 Å². The van der Waals surface area contributed by atoms with Gasteiger partial charge in [0.1, 0.15) is 17.4 Å². The molecule has 5 heteroatoms. The smallest absolute Gasteiger partial charge is 0.252 e. The molecule has 0 saturated carbocycles. The number of aryl methyl sites for hydroxylation is 2. The molecule has 1 aliphatic rings. The van der Waals surface area contributed by atoms with Gasteiger partial charge in [0.2, 0.25) is 5.88 Å². The number of nitrogens with zero attached hydrogens (tertiary/aromatic N) is 1. The molecule has 146 valence electrons. The summed E-state index contributed by atoms with van der Waals surface area (Å²) < 4.78 is 5.89. The summed E-state index contributed by atoms with van der Waals surface area (Å²) in [6, 6.07) is 19.7. The van der Waals surface area contributed by atoms with Crippen molar-refractivity contribution in [2.45, 2.75) is 19.8 Å². The minimum Gasteiger partial charge on any atom is -0.440 e. The molecule has 1 aliphatic heterocycles. The van der Waals surface area contributed by atoms with Gasteiger partial charge in [-0.25, -0.2) is 0 Å². The van der Waals surface area contributed by atoms with Crippen molar-refractivity contribution in [3.63, 3.8) is 0 Å². The Kier molecular flexibility index (Phi) is 3.90. The quantitative estimate of drug-likeness (QED) is 0.497. The third kappa shape index (κ3) is 2.58. The van der Waals surface area contributed by atoms with Gasteiger partial charge in [0, 0.05) is 22.0 Å². The Labute approximate surface area is 173 Å². The van der Waals surface area contributed by atoms with Gasteiger partial charge in [0.15, 0.2) is 0 Å². The molecule has 0 fully saturated rings. The maximum absolute atomic E-state index is 13.1. The van der Waals surface area contributed by atoms with E-state index in [0.29, 0.717) is 11.3 Å². The Morgan fingerprint density at radius 3 is 2.57 bits per heavy atom. The maximum Gasteiger partial charge on any atom is 0.252 e. The van der Waals surface area contributed by atoms with E-state index in [2.05, 4.69) is 11.1 Å². The maximum atomic E-state index is 13.1. The lowest BCUT2D eigenvalue weighted by Crippen LogP contribution is -2.25. The summed E-state index contributed by atoms with van der Waals surface area (Å²) in [5.74, 6) is 0.0261. The first-order chi connectivity index (χ1) is 14.5. The molecule has 4 aromatic rings. The molecule has 0 radical (unpaired) electrons. The van der Waals surface area contributed by atoms with Crippen LogP contribution in [0.15, 0.2) is 70.8 Å². The SMILES string of the molecule is Cc1cc2cc([C@H]3C(C#N)=C(N)Oc4c3ccc3ccccc43)c(=O)[nH]c2cc1C. The molecule has 0 bridgehead atoms. The molecule has 0 saturated heterocycles. The fraction of sp³-hybridized carbons (Fsp3) is 0.120. The number of nitrogens with two attached hydrogens (primary N) is 1. The number of hydrogen-bond acceptors (Lipinski definition) is 4. The van der Waals surface area contributed by atoms with Crippen LogP contribution in [-0.4, -0.2) is 4.98 Å². The summed E-state index contributed by atoms with van der Waals surface area (Å²) in [6.07, 6.45) is 0. The number of hydrogen-bond donors (Lipinski definition) is 2. The summed E-state index contributed by atoms with van der Waals surface area (Å²) in [7, 11) is 0. The number of H-pyrrole nitrogens is 1. The van der Waals surface area contributed by atoms with Crippen LogP contribution in [-0.2, 0) is 0 Å². The van der Waals surface area contributed by atoms with Crippen LogP contribution in [0.25, 0.3) is 21.7 Å².